The SMILES string of the molecule is CCCNC(CC1OCCO1)c1ccc(C)s1. The van der Waals surface area contributed by atoms with Gasteiger partial charge in [-0.1, -0.05) is 6.92 Å². The molecule has 0 bridgehead atoms. The zero-order valence-corrected chi connectivity index (χ0v) is 11.4. The van der Waals surface area contributed by atoms with E-state index in [9.17, 15) is 0 Å². The third kappa shape index (κ3) is 3.78. The van der Waals surface area contributed by atoms with Crippen LogP contribution < -0.4 is 5.32 Å². The number of hydrogen-bond acceptors (Lipinski definition) is 4. The van der Waals surface area contributed by atoms with Gasteiger partial charge in [-0.05, 0) is 32.0 Å². The normalized spacial score (nSPS) is 18.7. The van der Waals surface area contributed by atoms with Crippen molar-refractivity contribution >= 4 is 11.3 Å². The molecule has 2 rings (SSSR count). The summed E-state index contributed by atoms with van der Waals surface area (Å²) in [5.74, 6) is 0. The van der Waals surface area contributed by atoms with Gasteiger partial charge in [0.1, 0.15) is 0 Å². The lowest BCUT2D eigenvalue weighted by Crippen LogP contribution is -2.26. The molecule has 1 aromatic rings. The molecule has 0 spiro atoms. The first-order valence-corrected chi connectivity index (χ1v) is 7.14. The summed E-state index contributed by atoms with van der Waals surface area (Å²) in [6.45, 7) is 6.83. The van der Waals surface area contributed by atoms with Crippen LogP contribution in [0, 0.1) is 6.92 Å². The van der Waals surface area contributed by atoms with E-state index in [0.717, 1.165) is 32.6 Å². The van der Waals surface area contributed by atoms with Crippen LogP contribution in [0.15, 0.2) is 12.1 Å². The minimum absolute atomic E-state index is 0.0354. The van der Waals surface area contributed by atoms with E-state index in [4.69, 9.17) is 9.47 Å². The van der Waals surface area contributed by atoms with Gasteiger partial charge in [-0.2, -0.15) is 0 Å². The highest BCUT2D eigenvalue weighted by Crippen LogP contribution is 2.28. The molecule has 1 aromatic heterocycles. The third-order valence-corrected chi connectivity index (χ3v) is 3.98. The van der Waals surface area contributed by atoms with Gasteiger partial charge in [0.25, 0.3) is 0 Å². The average Bonchev–Trinajstić information content (AvgIpc) is 2.95. The zero-order chi connectivity index (χ0) is 12.1. The molecular formula is C13H21NO2S. The van der Waals surface area contributed by atoms with Crippen molar-refractivity contribution in [3.05, 3.63) is 21.9 Å². The molecule has 96 valence electrons. The Hall–Kier alpha value is -0.420. The van der Waals surface area contributed by atoms with Crippen LogP contribution in [0.4, 0.5) is 0 Å². The quantitative estimate of drug-likeness (QED) is 0.848. The number of aryl methyl sites for hydroxylation is 1. The zero-order valence-electron chi connectivity index (χ0n) is 10.6. The van der Waals surface area contributed by atoms with Crippen molar-refractivity contribution in [3.8, 4) is 0 Å². The van der Waals surface area contributed by atoms with Crippen LogP contribution in [0.5, 0.6) is 0 Å². The molecule has 17 heavy (non-hydrogen) atoms. The monoisotopic (exact) mass is 255 g/mol. The summed E-state index contributed by atoms with van der Waals surface area (Å²) in [5, 5.41) is 3.58. The Kier molecular flexibility index (Phi) is 4.98. The van der Waals surface area contributed by atoms with Crippen molar-refractivity contribution in [2.45, 2.75) is 39.0 Å². The molecule has 1 aliphatic rings. The molecule has 0 aromatic carbocycles. The molecule has 1 saturated heterocycles. The highest BCUT2D eigenvalue weighted by Gasteiger charge is 2.22. The summed E-state index contributed by atoms with van der Waals surface area (Å²) in [6, 6.07) is 4.75. The van der Waals surface area contributed by atoms with Gasteiger partial charge in [0.15, 0.2) is 6.29 Å². The molecule has 4 heteroatoms. The van der Waals surface area contributed by atoms with Crippen molar-refractivity contribution in [3.63, 3.8) is 0 Å². The van der Waals surface area contributed by atoms with E-state index < -0.39 is 0 Å². The topological polar surface area (TPSA) is 30.5 Å². The minimum Gasteiger partial charge on any atom is -0.350 e. The third-order valence-electron chi connectivity index (χ3n) is 2.86. The van der Waals surface area contributed by atoms with E-state index in [0.29, 0.717) is 6.04 Å². The largest absolute Gasteiger partial charge is 0.350 e. The van der Waals surface area contributed by atoms with Crippen LogP contribution in [0.2, 0.25) is 0 Å². The molecular weight excluding hydrogens is 234 g/mol. The second-order valence-corrected chi connectivity index (χ2v) is 5.68. The predicted molar refractivity (Wildman–Crippen MR) is 70.4 cm³/mol. The van der Waals surface area contributed by atoms with Gasteiger partial charge in [0, 0.05) is 22.2 Å². The molecule has 1 atom stereocenters. The maximum absolute atomic E-state index is 5.53. The summed E-state index contributed by atoms with van der Waals surface area (Å²) >= 11 is 1.86. The highest BCUT2D eigenvalue weighted by atomic mass is 32.1. The number of hydrogen-bond donors (Lipinski definition) is 1. The molecule has 0 radical (unpaired) electrons. The van der Waals surface area contributed by atoms with E-state index in [1.807, 2.05) is 11.3 Å². The summed E-state index contributed by atoms with van der Waals surface area (Å²) in [6.07, 6.45) is 2.01. The van der Waals surface area contributed by atoms with Crippen LogP contribution in [0.1, 0.15) is 35.6 Å². The van der Waals surface area contributed by atoms with E-state index in [1.54, 1.807) is 0 Å². The van der Waals surface area contributed by atoms with Gasteiger partial charge < -0.3 is 14.8 Å². The fraction of sp³-hybridized carbons (Fsp3) is 0.692. The standard InChI is InChI=1S/C13H21NO2S/c1-3-6-14-11(9-13-15-7-8-16-13)12-5-4-10(2)17-12/h4-5,11,13-14H,3,6-9H2,1-2H3. The predicted octanol–water partition coefficient (Wildman–Crippen LogP) is 2.86. The Bertz CT molecular complexity index is 334. The van der Waals surface area contributed by atoms with Crippen molar-refractivity contribution in [2.24, 2.45) is 0 Å². The van der Waals surface area contributed by atoms with E-state index in [1.165, 1.54) is 9.75 Å². The van der Waals surface area contributed by atoms with Crippen molar-refractivity contribution in [2.75, 3.05) is 19.8 Å². The Morgan fingerprint density at radius 1 is 1.41 bits per heavy atom. The lowest BCUT2D eigenvalue weighted by molar-refractivity contribution is -0.0527. The van der Waals surface area contributed by atoms with Gasteiger partial charge in [-0.25, -0.2) is 0 Å². The second-order valence-electron chi connectivity index (χ2n) is 4.36. The molecule has 1 N–H and O–H groups in total. The highest BCUT2D eigenvalue weighted by molar-refractivity contribution is 7.12. The molecule has 2 heterocycles. The van der Waals surface area contributed by atoms with Crippen molar-refractivity contribution in [1.29, 1.82) is 0 Å². The van der Waals surface area contributed by atoms with Gasteiger partial charge in [0.05, 0.1) is 13.2 Å². The molecule has 0 amide bonds. The summed E-state index contributed by atoms with van der Waals surface area (Å²) in [5.41, 5.74) is 0. The Morgan fingerprint density at radius 3 is 2.76 bits per heavy atom. The first-order valence-electron chi connectivity index (χ1n) is 6.32. The maximum Gasteiger partial charge on any atom is 0.159 e. The summed E-state index contributed by atoms with van der Waals surface area (Å²) < 4.78 is 11.1. The molecule has 3 nitrogen and oxygen atoms in total. The van der Waals surface area contributed by atoms with Crippen molar-refractivity contribution < 1.29 is 9.47 Å². The van der Waals surface area contributed by atoms with Gasteiger partial charge >= 0.3 is 0 Å². The average molecular weight is 255 g/mol. The molecule has 0 saturated carbocycles. The van der Waals surface area contributed by atoms with Crippen LogP contribution in [0.3, 0.4) is 0 Å². The van der Waals surface area contributed by atoms with Gasteiger partial charge in [-0.15, -0.1) is 11.3 Å². The Labute approximate surface area is 107 Å². The Balaban J connectivity index is 1.96. The number of thiophene rings is 1. The minimum atomic E-state index is -0.0354. The fourth-order valence-electron chi connectivity index (χ4n) is 2.00. The van der Waals surface area contributed by atoms with Crippen LogP contribution in [-0.4, -0.2) is 26.0 Å². The second kappa shape index (κ2) is 6.50. The summed E-state index contributed by atoms with van der Waals surface area (Å²) in [7, 11) is 0. The Morgan fingerprint density at radius 2 is 2.18 bits per heavy atom. The first kappa shape index (κ1) is 13.0. The lowest BCUT2D eigenvalue weighted by Gasteiger charge is -2.20. The molecule has 1 fully saturated rings. The van der Waals surface area contributed by atoms with Crippen LogP contribution >= 0.6 is 11.3 Å². The molecule has 1 unspecified atom stereocenters. The lowest BCUT2D eigenvalue weighted by atomic mass is 10.1. The van der Waals surface area contributed by atoms with E-state index >= 15 is 0 Å². The van der Waals surface area contributed by atoms with Gasteiger partial charge in [0.2, 0.25) is 0 Å². The van der Waals surface area contributed by atoms with Crippen LogP contribution in [0.25, 0.3) is 0 Å². The van der Waals surface area contributed by atoms with Crippen LogP contribution in [-0.2, 0) is 9.47 Å². The maximum atomic E-state index is 5.53. The van der Waals surface area contributed by atoms with E-state index in [2.05, 4.69) is 31.3 Å². The number of ether oxygens (including phenoxy) is 2. The number of rotatable bonds is 6. The molecule has 0 aliphatic carbocycles. The summed E-state index contributed by atoms with van der Waals surface area (Å²) in [4.78, 5) is 2.74. The van der Waals surface area contributed by atoms with Crippen molar-refractivity contribution in [1.82, 2.24) is 5.32 Å². The smallest absolute Gasteiger partial charge is 0.159 e. The first-order chi connectivity index (χ1) is 8.29. The molecule has 1 aliphatic heterocycles. The fourth-order valence-corrected chi connectivity index (χ4v) is 2.96. The van der Waals surface area contributed by atoms with E-state index in [-0.39, 0.29) is 6.29 Å². The number of nitrogens with one attached hydrogen (secondary N) is 1. The van der Waals surface area contributed by atoms with Gasteiger partial charge in [-0.3, -0.25) is 0 Å².